The van der Waals surface area contributed by atoms with Crippen molar-refractivity contribution in [3.63, 3.8) is 0 Å². The molecule has 0 heterocycles. The molecule has 0 aliphatic carbocycles. The Balaban J connectivity index is 2.86. The second kappa shape index (κ2) is 4.31. The van der Waals surface area contributed by atoms with Gasteiger partial charge < -0.3 is 0 Å². The maximum atomic E-state index is 11.6. The zero-order valence-electron chi connectivity index (χ0n) is 9.72. The van der Waals surface area contributed by atoms with Crippen molar-refractivity contribution in [3.8, 4) is 11.8 Å². The summed E-state index contributed by atoms with van der Waals surface area (Å²) in [7, 11) is 0. The average molecular weight is 200 g/mol. The number of carbonyl (C=O) groups excluding carboxylic acids is 1. The average Bonchev–Trinajstić information content (AvgIpc) is 2.14. The van der Waals surface area contributed by atoms with E-state index in [0.29, 0.717) is 5.56 Å². The number of carbonyl (C=O) groups is 1. The summed E-state index contributed by atoms with van der Waals surface area (Å²) >= 11 is 0. The van der Waals surface area contributed by atoms with E-state index in [-0.39, 0.29) is 11.2 Å². The van der Waals surface area contributed by atoms with Gasteiger partial charge in [0.1, 0.15) is 0 Å². The van der Waals surface area contributed by atoms with Gasteiger partial charge in [-0.25, -0.2) is 0 Å². The SMILES string of the molecule is Cc1ccc(C(=O)C#CC(C)(C)C)cc1. The van der Waals surface area contributed by atoms with Crippen LogP contribution in [0.3, 0.4) is 0 Å². The molecule has 0 atom stereocenters. The van der Waals surface area contributed by atoms with Crippen LogP contribution in [0.2, 0.25) is 0 Å². The first-order chi connectivity index (χ1) is 6.88. The van der Waals surface area contributed by atoms with Crippen LogP contribution >= 0.6 is 0 Å². The standard InChI is InChI=1S/C14H16O/c1-11-5-7-12(8-6-11)13(15)9-10-14(2,3)4/h5-8H,1-4H3. The zero-order valence-corrected chi connectivity index (χ0v) is 9.72. The van der Waals surface area contributed by atoms with E-state index in [4.69, 9.17) is 0 Å². The van der Waals surface area contributed by atoms with E-state index in [2.05, 4.69) is 11.8 Å². The number of hydrogen-bond donors (Lipinski definition) is 0. The molecule has 1 nitrogen and oxygen atoms in total. The van der Waals surface area contributed by atoms with Gasteiger partial charge in [-0.1, -0.05) is 35.7 Å². The molecule has 15 heavy (non-hydrogen) atoms. The van der Waals surface area contributed by atoms with Gasteiger partial charge in [0, 0.05) is 11.0 Å². The molecular weight excluding hydrogens is 184 g/mol. The molecule has 0 saturated heterocycles. The van der Waals surface area contributed by atoms with Crippen molar-refractivity contribution in [2.75, 3.05) is 0 Å². The lowest BCUT2D eigenvalue weighted by Crippen LogP contribution is -2.02. The van der Waals surface area contributed by atoms with Crippen molar-refractivity contribution in [2.45, 2.75) is 27.7 Å². The smallest absolute Gasteiger partial charge is 0.235 e. The Morgan fingerprint density at radius 1 is 1.13 bits per heavy atom. The fraction of sp³-hybridized carbons (Fsp3) is 0.357. The molecule has 1 rings (SSSR count). The molecule has 0 radical (unpaired) electrons. The quantitative estimate of drug-likeness (QED) is 0.386. The van der Waals surface area contributed by atoms with Gasteiger partial charge in [0.2, 0.25) is 5.78 Å². The predicted octanol–water partition coefficient (Wildman–Crippen LogP) is 3.23. The maximum Gasteiger partial charge on any atom is 0.235 e. The summed E-state index contributed by atoms with van der Waals surface area (Å²) in [6.45, 7) is 7.96. The lowest BCUT2D eigenvalue weighted by molar-refractivity contribution is 0.105. The molecule has 78 valence electrons. The number of rotatable bonds is 1. The second-order valence-corrected chi connectivity index (χ2v) is 4.70. The van der Waals surface area contributed by atoms with E-state index < -0.39 is 0 Å². The third-order valence-corrected chi connectivity index (χ3v) is 1.86. The number of ketones is 1. The molecule has 0 spiro atoms. The second-order valence-electron chi connectivity index (χ2n) is 4.70. The number of hydrogen-bond acceptors (Lipinski definition) is 1. The summed E-state index contributed by atoms with van der Waals surface area (Å²) < 4.78 is 0. The number of aryl methyl sites for hydroxylation is 1. The predicted molar refractivity (Wildman–Crippen MR) is 62.7 cm³/mol. The fourth-order valence-corrected chi connectivity index (χ4v) is 1.02. The van der Waals surface area contributed by atoms with Crippen LogP contribution in [0.1, 0.15) is 36.7 Å². The van der Waals surface area contributed by atoms with E-state index in [0.717, 1.165) is 5.56 Å². The third-order valence-electron chi connectivity index (χ3n) is 1.86. The Kier molecular flexibility index (Phi) is 3.31. The van der Waals surface area contributed by atoms with E-state index >= 15 is 0 Å². The molecule has 0 aliphatic heterocycles. The van der Waals surface area contributed by atoms with Crippen LogP contribution in [0.25, 0.3) is 0 Å². The highest BCUT2D eigenvalue weighted by Gasteiger charge is 2.06. The Morgan fingerprint density at radius 3 is 2.13 bits per heavy atom. The highest BCUT2D eigenvalue weighted by atomic mass is 16.1. The van der Waals surface area contributed by atoms with Crippen LogP contribution in [0, 0.1) is 24.2 Å². The van der Waals surface area contributed by atoms with E-state index in [1.165, 1.54) is 0 Å². The minimum Gasteiger partial charge on any atom is -0.279 e. The topological polar surface area (TPSA) is 17.1 Å². The molecular formula is C14H16O. The van der Waals surface area contributed by atoms with Crippen molar-refractivity contribution in [3.05, 3.63) is 35.4 Å². The first-order valence-electron chi connectivity index (χ1n) is 5.03. The highest BCUT2D eigenvalue weighted by Crippen LogP contribution is 2.10. The summed E-state index contributed by atoms with van der Waals surface area (Å²) in [4.78, 5) is 11.6. The minimum absolute atomic E-state index is 0.107. The van der Waals surface area contributed by atoms with Crippen molar-refractivity contribution >= 4 is 5.78 Å². The molecule has 1 aromatic rings. The first-order valence-corrected chi connectivity index (χ1v) is 5.03. The summed E-state index contributed by atoms with van der Waals surface area (Å²) in [5, 5.41) is 0. The molecule has 0 bridgehead atoms. The minimum atomic E-state index is -0.125. The van der Waals surface area contributed by atoms with Crippen molar-refractivity contribution in [1.29, 1.82) is 0 Å². The van der Waals surface area contributed by atoms with Gasteiger partial charge in [-0.2, -0.15) is 0 Å². The number of benzene rings is 1. The van der Waals surface area contributed by atoms with Crippen molar-refractivity contribution in [1.82, 2.24) is 0 Å². The molecule has 0 N–H and O–H groups in total. The lowest BCUT2D eigenvalue weighted by Gasteiger charge is -2.06. The van der Waals surface area contributed by atoms with Crippen LogP contribution in [0.15, 0.2) is 24.3 Å². The lowest BCUT2D eigenvalue weighted by atomic mass is 9.97. The van der Waals surface area contributed by atoms with E-state index in [1.807, 2.05) is 52.0 Å². The van der Waals surface area contributed by atoms with Crippen molar-refractivity contribution in [2.24, 2.45) is 5.41 Å². The van der Waals surface area contributed by atoms with Gasteiger partial charge in [-0.05, 0) is 33.6 Å². The molecule has 0 amide bonds. The van der Waals surface area contributed by atoms with Crippen LogP contribution in [0.4, 0.5) is 0 Å². The monoisotopic (exact) mass is 200 g/mol. The zero-order chi connectivity index (χ0) is 11.5. The van der Waals surface area contributed by atoms with E-state index in [9.17, 15) is 4.79 Å². The van der Waals surface area contributed by atoms with Crippen LogP contribution in [-0.4, -0.2) is 5.78 Å². The maximum absolute atomic E-state index is 11.6. The molecule has 0 aliphatic rings. The summed E-state index contributed by atoms with van der Waals surface area (Å²) in [6, 6.07) is 7.47. The summed E-state index contributed by atoms with van der Waals surface area (Å²) in [5.74, 6) is 5.50. The summed E-state index contributed by atoms with van der Waals surface area (Å²) in [6.07, 6.45) is 0. The highest BCUT2D eigenvalue weighted by molar-refractivity contribution is 6.09. The van der Waals surface area contributed by atoms with Gasteiger partial charge >= 0.3 is 0 Å². The molecule has 1 aromatic carbocycles. The molecule has 0 saturated carbocycles. The molecule has 0 aromatic heterocycles. The Labute approximate surface area is 91.5 Å². The normalized spacial score (nSPS) is 10.4. The van der Waals surface area contributed by atoms with E-state index in [1.54, 1.807) is 0 Å². The number of Topliss-reactive ketones (excluding diaryl/α,β-unsaturated/α-hetero) is 1. The Hall–Kier alpha value is -1.55. The Morgan fingerprint density at radius 2 is 1.67 bits per heavy atom. The molecule has 0 unspecified atom stereocenters. The van der Waals surface area contributed by atoms with Gasteiger partial charge in [0.25, 0.3) is 0 Å². The van der Waals surface area contributed by atoms with Crippen LogP contribution < -0.4 is 0 Å². The third kappa shape index (κ3) is 3.99. The van der Waals surface area contributed by atoms with Gasteiger partial charge in [0.05, 0.1) is 0 Å². The van der Waals surface area contributed by atoms with Crippen molar-refractivity contribution < 1.29 is 4.79 Å². The molecule has 1 heteroatoms. The fourth-order valence-electron chi connectivity index (χ4n) is 1.02. The van der Waals surface area contributed by atoms with Crippen LogP contribution in [0.5, 0.6) is 0 Å². The largest absolute Gasteiger partial charge is 0.279 e. The van der Waals surface area contributed by atoms with Gasteiger partial charge in [-0.15, -0.1) is 0 Å². The summed E-state index contributed by atoms with van der Waals surface area (Å²) in [5.41, 5.74) is 1.69. The molecule has 0 fully saturated rings. The van der Waals surface area contributed by atoms with Crippen LogP contribution in [-0.2, 0) is 0 Å². The Bertz CT molecular complexity index is 407. The van der Waals surface area contributed by atoms with Gasteiger partial charge in [-0.3, -0.25) is 4.79 Å². The first kappa shape index (κ1) is 11.5. The van der Waals surface area contributed by atoms with Gasteiger partial charge in [0.15, 0.2) is 0 Å².